The largest absolute Gasteiger partial charge is 0.433 e. The Morgan fingerprint density at radius 3 is 2.57 bits per heavy atom. The molecule has 0 saturated heterocycles. The smallest absolute Gasteiger partial charge is 0.219 e. The van der Waals surface area contributed by atoms with Crippen molar-refractivity contribution in [1.82, 2.24) is 9.97 Å². The highest BCUT2D eigenvalue weighted by atomic mass is 32.2. The standard InChI is InChI=1S/C12H7F3N2O2S2/c1-2-6-21(18,19)11-16-8(9-4-3-5-20-9)7-10(17-11)12(13,14)15/h1,3-5,7H,6H2. The molecule has 4 nitrogen and oxygen atoms in total. The number of alkyl halides is 3. The Kier molecular flexibility index (Phi) is 4.02. The first-order valence-corrected chi connectivity index (χ1v) is 7.93. The van der Waals surface area contributed by atoms with Crippen molar-refractivity contribution < 1.29 is 21.6 Å². The van der Waals surface area contributed by atoms with Gasteiger partial charge in [0, 0.05) is 0 Å². The van der Waals surface area contributed by atoms with Crippen LogP contribution in [0.3, 0.4) is 0 Å². The summed E-state index contributed by atoms with van der Waals surface area (Å²) in [6.45, 7) is 0. The van der Waals surface area contributed by atoms with Gasteiger partial charge < -0.3 is 0 Å². The molecule has 0 aliphatic heterocycles. The van der Waals surface area contributed by atoms with E-state index in [9.17, 15) is 21.6 Å². The fourth-order valence-electron chi connectivity index (χ4n) is 1.43. The van der Waals surface area contributed by atoms with E-state index in [-0.39, 0.29) is 5.69 Å². The van der Waals surface area contributed by atoms with Gasteiger partial charge in [0.2, 0.25) is 15.0 Å². The Labute approximate surface area is 122 Å². The molecule has 21 heavy (non-hydrogen) atoms. The summed E-state index contributed by atoms with van der Waals surface area (Å²) in [4.78, 5) is 7.19. The molecule has 2 aromatic heterocycles. The maximum atomic E-state index is 12.8. The number of halogens is 3. The van der Waals surface area contributed by atoms with Crippen LogP contribution < -0.4 is 0 Å². The zero-order chi connectivity index (χ0) is 15.7. The first-order chi connectivity index (χ1) is 9.74. The zero-order valence-corrected chi connectivity index (χ0v) is 11.9. The molecule has 0 saturated carbocycles. The predicted octanol–water partition coefficient (Wildman–Crippen LogP) is 2.63. The van der Waals surface area contributed by atoms with Crippen LogP contribution in [-0.4, -0.2) is 24.1 Å². The number of hydrogen-bond acceptors (Lipinski definition) is 5. The molecule has 0 fully saturated rings. The second kappa shape index (κ2) is 5.46. The van der Waals surface area contributed by atoms with Crippen molar-refractivity contribution in [2.45, 2.75) is 11.3 Å². The van der Waals surface area contributed by atoms with Crippen molar-refractivity contribution in [2.24, 2.45) is 0 Å². The van der Waals surface area contributed by atoms with E-state index in [1.165, 1.54) is 6.07 Å². The Bertz CT molecular complexity index is 791. The van der Waals surface area contributed by atoms with Crippen LogP contribution in [0.25, 0.3) is 10.6 Å². The number of terminal acetylenes is 1. The van der Waals surface area contributed by atoms with Crippen molar-refractivity contribution in [3.8, 4) is 22.9 Å². The van der Waals surface area contributed by atoms with E-state index in [2.05, 4.69) is 9.97 Å². The van der Waals surface area contributed by atoms with Crippen LogP contribution >= 0.6 is 11.3 Å². The Hall–Kier alpha value is -1.92. The van der Waals surface area contributed by atoms with Crippen molar-refractivity contribution in [1.29, 1.82) is 0 Å². The first kappa shape index (κ1) is 15.5. The van der Waals surface area contributed by atoms with Crippen LogP contribution in [0.15, 0.2) is 28.7 Å². The molecule has 0 radical (unpaired) electrons. The molecule has 2 rings (SSSR count). The Balaban J connectivity index is 2.68. The van der Waals surface area contributed by atoms with E-state index in [0.29, 0.717) is 10.9 Å². The third-order valence-corrected chi connectivity index (χ3v) is 4.50. The minimum atomic E-state index is -4.78. The highest BCUT2D eigenvalue weighted by molar-refractivity contribution is 7.91. The molecule has 0 aliphatic carbocycles. The average Bonchev–Trinajstić information content (AvgIpc) is 2.91. The van der Waals surface area contributed by atoms with Crippen LogP contribution in [0, 0.1) is 12.3 Å². The summed E-state index contributed by atoms with van der Waals surface area (Å²) in [5.41, 5.74) is -1.43. The summed E-state index contributed by atoms with van der Waals surface area (Å²) >= 11 is 1.14. The fourth-order valence-corrected chi connectivity index (χ4v) is 2.94. The van der Waals surface area contributed by atoms with Crippen molar-refractivity contribution >= 4 is 21.2 Å². The molecule has 0 aliphatic rings. The molecular formula is C12H7F3N2O2S2. The van der Waals surface area contributed by atoms with Gasteiger partial charge in [-0.15, -0.1) is 17.8 Å². The van der Waals surface area contributed by atoms with Crippen LogP contribution in [0.5, 0.6) is 0 Å². The van der Waals surface area contributed by atoms with Crippen LogP contribution in [-0.2, 0) is 16.0 Å². The molecule has 0 bridgehead atoms. The highest BCUT2D eigenvalue weighted by Crippen LogP contribution is 2.32. The van der Waals surface area contributed by atoms with Crippen LogP contribution in [0.2, 0.25) is 0 Å². The quantitative estimate of drug-likeness (QED) is 0.640. The maximum Gasteiger partial charge on any atom is 0.433 e. The van der Waals surface area contributed by atoms with Gasteiger partial charge in [-0.25, -0.2) is 18.4 Å². The van der Waals surface area contributed by atoms with Gasteiger partial charge in [-0.3, -0.25) is 0 Å². The minimum Gasteiger partial charge on any atom is -0.219 e. The normalized spacial score (nSPS) is 12.1. The van der Waals surface area contributed by atoms with E-state index < -0.39 is 32.6 Å². The minimum absolute atomic E-state index is 0.108. The summed E-state index contributed by atoms with van der Waals surface area (Å²) in [5, 5.41) is 0.721. The predicted molar refractivity (Wildman–Crippen MR) is 71.2 cm³/mol. The average molecular weight is 332 g/mol. The summed E-state index contributed by atoms with van der Waals surface area (Å²) in [6.07, 6.45) is 0.121. The topological polar surface area (TPSA) is 59.9 Å². The fraction of sp³-hybridized carbons (Fsp3) is 0.167. The van der Waals surface area contributed by atoms with Gasteiger partial charge in [-0.05, 0) is 17.5 Å². The molecule has 0 aromatic carbocycles. The van der Waals surface area contributed by atoms with Crippen LogP contribution in [0.1, 0.15) is 5.69 Å². The number of nitrogens with zero attached hydrogens (tertiary/aromatic N) is 2. The number of thiophene rings is 1. The molecule has 110 valence electrons. The molecule has 0 unspecified atom stereocenters. The highest BCUT2D eigenvalue weighted by Gasteiger charge is 2.35. The zero-order valence-electron chi connectivity index (χ0n) is 10.3. The molecule has 2 heterocycles. The van der Waals surface area contributed by atoms with E-state index in [1.54, 1.807) is 11.4 Å². The van der Waals surface area contributed by atoms with E-state index in [1.807, 2.05) is 5.92 Å². The van der Waals surface area contributed by atoms with Gasteiger partial charge in [0.25, 0.3) is 0 Å². The van der Waals surface area contributed by atoms with Crippen LogP contribution in [0.4, 0.5) is 13.2 Å². The van der Waals surface area contributed by atoms with E-state index in [4.69, 9.17) is 6.42 Å². The van der Waals surface area contributed by atoms with Crippen molar-refractivity contribution in [2.75, 3.05) is 5.75 Å². The van der Waals surface area contributed by atoms with Gasteiger partial charge in [-0.2, -0.15) is 13.2 Å². The molecule has 9 heteroatoms. The Morgan fingerprint density at radius 2 is 2.05 bits per heavy atom. The molecular weight excluding hydrogens is 325 g/mol. The lowest BCUT2D eigenvalue weighted by molar-refractivity contribution is -0.141. The number of sulfone groups is 1. The molecule has 2 aromatic rings. The lowest BCUT2D eigenvalue weighted by Crippen LogP contribution is -2.16. The number of rotatable bonds is 3. The number of aromatic nitrogens is 2. The SMILES string of the molecule is C#CCS(=O)(=O)c1nc(-c2cccs2)cc(C(F)(F)F)n1. The van der Waals surface area contributed by atoms with Gasteiger partial charge in [0.1, 0.15) is 11.4 Å². The summed E-state index contributed by atoms with van der Waals surface area (Å²) < 4.78 is 62.1. The second-order valence-electron chi connectivity index (χ2n) is 3.86. The van der Waals surface area contributed by atoms with Gasteiger partial charge in [-0.1, -0.05) is 12.0 Å². The van der Waals surface area contributed by atoms with Crippen molar-refractivity contribution in [3.63, 3.8) is 0 Å². The summed E-state index contributed by atoms with van der Waals surface area (Å²) in [6, 6.07) is 3.86. The second-order valence-corrected chi connectivity index (χ2v) is 6.69. The third kappa shape index (κ3) is 3.40. The number of hydrogen-bond donors (Lipinski definition) is 0. The lowest BCUT2D eigenvalue weighted by atomic mass is 10.3. The van der Waals surface area contributed by atoms with Gasteiger partial charge in [0.05, 0.1) is 10.6 Å². The monoisotopic (exact) mass is 332 g/mol. The third-order valence-electron chi connectivity index (χ3n) is 2.32. The molecule has 0 N–H and O–H groups in total. The maximum absolute atomic E-state index is 12.8. The van der Waals surface area contributed by atoms with E-state index >= 15 is 0 Å². The lowest BCUT2D eigenvalue weighted by Gasteiger charge is -2.09. The molecule has 0 amide bonds. The van der Waals surface area contributed by atoms with Gasteiger partial charge >= 0.3 is 6.18 Å². The molecule has 0 spiro atoms. The molecule has 0 atom stereocenters. The van der Waals surface area contributed by atoms with Gasteiger partial charge in [0.15, 0.2) is 0 Å². The van der Waals surface area contributed by atoms with E-state index in [0.717, 1.165) is 11.3 Å². The van der Waals surface area contributed by atoms with Crippen molar-refractivity contribution in [3.05, 3.63) is 29.3 Å². The first-order valence-electron chi connectivity index (χ1n) is 5.40. The Morgan fingerprint density at radius 1 is 1.33 bits per heavy atom. The summed E-state index contributed by atoms with van der Waals surface area (Å²) in [5.74, 6) is 1.11. The summed E-state index contributed by atoms with van der Waals surface area (Å²) in [7, 11) is -4.16.